The fraction of sp³-hybridized carbons (Fsp3) is 0.385. The Kier molecular flexibility index (Phi) is 4.30. The third-order valence-corrected chi connectivity index (χ3v) is 4.08. The number of halogens is 1. The van der Waals surface area contributed by atoms with Crippen LogP contribution in [0, 0.1) is 0 Å². The van der Waals surface area contributed by atoms with Gasteiger partial charge in [0.15, 0.2) is 0 Å². The first-order valence-electron chi connectivity index (χ1n) is 5.71. The number of benzene rings is 1. The maximum absolute atomic E-state index is 11.6. The molecule has 2 rings (SSSR count). The molecule has 0 radical (unpaired) electrons. The van der Waals surface area contributed by atoms with Gasteiger partial charge >= 0.3 is 0 Å². The van der Waals surface area contributed by atoms with Crippen molar-refractivity contribution in [2.24, 2.45) is 4.99 Å². The number of hydrogen-bond acceptors (Lipinski definition) is 3. The lowest BCUT2D eigenvalue weighted by Crippen LogP contribution is -2.23. The normalized spacial score (nSPS) is 18.6. The average Bonchev–Trinajstić information content (AvgIpc) is 2.78. The second-order valence-corrected chi connectivity index (χ2v) is 5.90. The molecule has 1 aromatic rings. The quantitative estimate of drug-likeness (QED) is 0.854. The molecule has 0 N–H and O–H groups in total. The van der Waals surface area contributed by atoms with E-state index in [1.54, 1.807) is 30.8 Å². The van der Waals surface area contributed by atoms with Gasteiger partial charge in [0, 0.05) is 24.9 Å². The Morgan fingerprint density at radius 3 is 2.72 bits per heavy atom. The van der Waals surface area contributed by atoms with Crippen molar-refractivity contribution in [2.75, 3.05) is 19.8 Å². The Hall–Kier alpha value is -1.000. The van der Waals surface area contributed by atoms with Gasteiger partial charge in [0.2, 0.25) is 5.91 Å². The van der Waals surface area contributed by atoms with Crippen LogP contribution in [0.15, 0.2) is 29.3 Å². The van der Waals surface area contributed by atoms with Crippen LogP contribution in [0.4, 0.5) is 0 Å². The van der Waals surface area contributed by atoms with Crippen LogP contribution >= 0.6 is 23.4 Å². The standard InChI is InChI=1S/C13H15ClN2OS/c1-16(2)13(17)7-12-15-11(8-18-12)9-3-5-10(14)6-4-9/h3-6,11H,7-8H2,1-2H3. The van der Waals surface area contributed by atoms with Gasteiger partial charge in [-0.3, -0.25) is 9.79 Å². The lowest BCUT2D eigenvalue weighted by Gasteiger charge is -2.08. The van der Waals surface area contributed by atoms with Crippen molar-refractivity contribution < 1.29 is 4.79 Å². The van der Waals surface area contributed by atoms with Crippen LogP contribution in [0.5, 0.6) is 0 Å². The first-order valence-corrected chi connectivity index (χ1v) is 7.07. The molecule has 1 atom stereocenters. The third-order valence-electron chi connectivity index (χ3n) is 2.76. The predicted molar refractivity (Wildman–Crippen MR) is 77.4 cm³/mol. The van der Waals surface area contributed by atoms with E-state index in [-0.39, 0.29) is 11.9 Å². The smallest absolute Gasteiger partial charge is 0.228 e. The number of amides is 1. The van der Waals surface area contributed by atoms with Gasteiger partial charge in [-0.05, 0) is 17.7 Å². The number of nitrogens with zero attached hydrogens (tertiary/aromatic N) is 2. The number of rotatable bonds is 3. The fourth-order valence-electron chi connectivity index (χ4n) is 1.66. The molecular formula is C13H15ClN2OS. The van der Waals surface area contributed by atoms with E-state index in [4.69, 9.17) is 11.6 Å². The maximum atomic E-state index is 11.6. The predicted octanol–water partition coefficient (Wildman–Crippen LogP) is 3.00. The molecule has 1 heterocycles. The summed E-state index contributed by atoms with van der Waals surface area (Å²) in [7, 11) is 3.53. The Morgan fingerprint density at radius 2 is 2.11 bits per heavy atom. The zero-order valence-electron chi connectivity index (χ0n) is 10.4. The zero-order chi connectivity index (χ0) is 13.1. The first-order chi connectivity index (χ1) is 8.56. The molecule has 5 heteroatoms. The van der Waals surface area contributed by atoms with E-state index in [2.05, 4.69) is 4.99 Å². The molecular weight excluding hydrogens is 268 g/mol. The van der Waals surface area contributed by atoms with Crippen molar-refractivity contribution in [3.05, 3.63) is 34.9 Å². The molecule has 1 unspecified atom stereocenters. The Balaban J connectivity index is 2.04. The largest absolute Gasteiger partial charge is 0.348 e. The number of carbonyl (C=O) groups is 1. The van der Waals surface area contributed by atoms with Crippen molar-refractivity contribution in [1.29, 1.82) is 0 Å². The second kappa shape index (κ2) is 5.76. The van der Waals surface area contributed by atoms with E-state index in [0.717, 1.165) is 21.4 Å². The molecule has 18 heavy (non-hydrogen) atoms. The molecule has 0 fully saturated rings. The lowest BCUT2D eigenvalue weighted by atomic mass is 10.1. The molecule has 0 aliphatic carbocycles. The number of hydrogen-bond donors (Lipinski definition) is 0. The monoisotopic (exact) mass is 282 g/mol. The Morgan fingerprint density at radius 1 is 1.44 bits per heavy atom. The maximum Gasteiger partial charge on any atom is 0.228 e. The van der Waals surface area contributed by atoms with Crippen molar-refractivity contribution in [3.8, 4) is 0 Å². The van der Waals surface area contributed by atoms with Crippen LogP contribution in [-0.2, 0) is 4.79 Å². The Labute approximate surface area is 116 Å². The minimum atomic E-state index is 0.0954. The van der Waals surface area contributed by atoms with E-state index in [9.17, 15) is 4.79 Å². The van der Waals surface area contributed by atoms with E-state index < -0.39 is 0 Å². The SMILES string of the molecule is CN(C)C(=O)CC1=NC(c2ccc(Cl)cc2)CS1. The van der Waals surface area contributed by atoms with Crippen LogP contribution in [-0.4, -0.2) is 35.7 Å². The van der Waals surface area contributed by atoms with Gasteiger partial charge in [0.25, 0.3) is 0 Å². The van der Waals surface area contributed by atoms with Crippen molar-refractivity contribution in [2.45, 2.75) is 12.5 Å². The summed E-state index contributed by atoms with van der Waals surface area (Å²) in [6.07, 6.45) is 0.405. The zero-order valence-corrected chi connectivity index (χ0v) is 12.0. The van der Waals surface area contributed by atoms with E-state index in [1.165, 1.54) is 0 Å². The van der Waals surface area contributed by atoms with Gasteiger partial charge in [-0.25, -0.2) is 0 Å². The highest BCUT2D eigenvalue weighted by Crippen LogP contribution is 2.32. The van der Waals surface area contributed by atoms with E-state index in [1.807, 2.05) is 24.3 Å². The fourth-order valence-corrected chi connectivity index (χ4v) is 2.83. The van der Waals surface area contributed by atoms with Crippen molar-refractivity contribution in [1.82, 2.24) is 4.90 Å². The summed E-state index contributed by atoms with van der Waals surface area (Å²) in [6.45, 7) is 0. The molecule has 1 aliphatic heterocycles. The molecule has 1 amide bonds. The van der Waals surface area contributed by atoms with Gasteiger partial charge < -0.3 is 4.90 Å². The lowest BCUT2D eigenvalue weighted by molar-refractivity contribution is -0.127. The number of carbonyl (C=O) groups excluding carboxylic acids is 1. The van der Waals surface area contributed by atoms with Crippen LogP contribution in [0.3, 0.4) is 0 Å². The Bertz CT molecular complexity index is 470. The summed E-state index contributed by atoms with van der Waals surface area (Å²) >= 11 is 7.52. The highest BCUT2D eigenvalue weighted by Gasteiger charge is 2.21. The van der Waals surface area contributed by atoms with Crippen LogP contribution in [0.2, 0.25) is 5.02 Å². The number of thioether (sulfide) groups is 1. The molecule has 0 aromatic heterocycles. The van der Waals surface area contributed by atoms with Crippen molar-refractivity contribution >= 4 is 34.3 Å². The molecule has 0 saturated carbocycles. The molecule has 96 valence electrons. The summed E-state index contributed by atoms with van der Waals surface area (Å²) in [5, 5.41) is 1.66. The first kappa shape index (κ1) is 13.4. The molecule has 1 aromatic carbocycles. The van der Waals surface area contributed by atoms with Crippen LogP contribution in [0.25, 0.3) is 0 Å². The van der Waals surface area contributed by atoms with Crippen LogP contribution in [0.1, 0.15) is 18.0 Å². The summed E-state index contributed by atoms with van der Waals surface area (Å²) in [5.41, 5.74) is 1.15. The molecule has 0 bridgehead atoms. The van der Waals surface area contributed by atoms with Crippen LogP contribution < -0.4 is 0 Å². The molecule has 3 nitrogen and oxygen atoms in total. The minimum absolute atomic E-state index is 0.0954. The molecule has 0 spiro atoms. The number of aliphatic imine (C=N–C) groups is 1. The van der Waals surface area contributed by atoms with E-state index in [0.29, 0.717) is 6.42 Å². The van der Waals surface area contributed by atoms with Crippen molar-refractivity contribution in [3.63, 3.8) is 0 Å². The second-order valence-electron chi connectivity index (χ2n) is 4.37. The highest BCUT2D eigenvalue weighted by molar-refractivity contribution is 8.14. The molecule has 1 aliphatic rings. The van der Waals surface area contributed by atoms with E-state index >= 15 is 0 Å². The minimum Gasteiger partial charge on any atom is -0.348 e. The summed E-state index contributed by atoms with van der Waals surface area (Å²) in [6, 6.07) is 7.89. The summed E-state index contributed by atoms with van der Waals surface area (Å²) in [4.78, 5) is 17.8. The van der Waals surface area contributed by atoms with Gasteiger partial charge in [-0.1, -0.05) is 23.7 Å². The average molecular weight is 283 g/mol. The molecule has 0 saturated heterocycles. The van der Waals surface area contributed by atoms with Gasteiger partial charge in [0.1, 0.15) is 0 Å². The summed E-state index contributed by atoms with van der Waals surface area (Å²) in [5.74, 6) is 0.996. The summed E-state index contributed by atoms with van der Waals surface area (Å²) < 4.78 is 0. The highest BCUT2D eigenvalue weighted by atomic mass is 35.5. The topological polar surface area (TPSA) is 32.7 Å². The van der Waals surface area contributed by atoms with Gasteiger partial charge in [-0.15, -0.1) is 11.8 Å². The van der Waals surface area contributed by atoms with Gasteiger partial charge in [-0.2, -0.15) is 0 Å². The van der Waals surface area contributed by atoms with Gasteiger partial charge in [0.05, 0.1) is 17.5 Å². The third kappa shape index (κ3) is 3.27.